The van der Waals surface area contributed by atoms with Crippen LogP contribution in [0.4, 0.5) is 27.1 Å². The lowest BCUT2D eigenvalue weighted by atomic mass is 10.1. The van der Waals surface area contributed by atoms with Crippen molar-refractivity contribution < 1.29 is 5.76 Å². The molecule has 0 heterocycles. The highest BCUT2D eigenvalue weighted by Gasteiger charge is 2.13. The summed E-state index contributed by atoms with van der Waals surface area (Å²) in [4.78, 5) is 2.40. The maximum absolute atomic E-state index is 9.96. The lowest BCUT2D eigenvalue weighted by molar-refractivity contribution is 0.636. The van der Waals surface area contributed by atoms with Crippen molar-refractivity contribution in [3.8, 4) is 0 Å². The quantitative estimate of drug-likeness (QED) is 0.233. The number of benzene rings is 5. The molecule has 2 nitrogen and oxygen atoms in total. The van der Waals surface area contributed by atoms with Gasteiger partial charge in [0.25, 0.3) is 0 Å². The van der Waals surface area contributed by atoms with Gasteiger partial charge in [0.15, 0.2) is 0 Å². The van der Waals surface area contributed by atoms with E-state index in [-0.39, 0.29) is 0 Å². The molecule has 0 spiro atoms. The van der Waals surface area contributed by atoms with Gasteiger partial charge in [0.1, 0.15) is 0 Å². The number of halogens is 1. The molecule has 5 rings (SSSR count). The van der Waals surface area contributed by atoms with Crippen LogP contribution < -0.4 is 10.2 Å². The maximum atomic E-state index is 9.96. The lowest BCUT2D eigenvalue weighted by Gasteiger charge is -2.27. The normalized spacial score (nSPS) is 10.3. The molecule has 5 aromatic rings. The first-order chi connectivity index (χ1) is 19.8. The fraction of sp³-hybridized carbons (Fsp3) is 0.189. The van der Waals surface area contributed by atoms with E-state index in [1.54, 1.807) is 0 Å². The van der Waals surface area contributed by atoms with Crippen molar-refractivity contribution in [3.05, 3.63) is 155 Å². The van der Waals surface area contributed by atoms with E-state index in [4.69, 9.17) is 1.37 Å². The van der Waals surface area contributed by atoms with E-state index >= 15 is 0 Å². The first-order valence-electron chi connectivity index (χ1n) is 14.2. The van der Waals surface area contributed by atoms with Crippen molar-refractivity contribution in [2.75, 3.05) is 17.4 Å². The van der Waals surface area contributed by atoms with Crippen LogP contribution in [0.1, 0.15) is 34.8 Å². The number of alkyl halides is 1. The van der Waals surface area contributed by atoms with Crippen molar-refractivity contribution in [2.24, 2.45) is 0 Å². The van der Waals surface area contributed by atoms with Gasteiger partial charge in [-0.3, -0.25) is 4.39 Å². The van der Waals surface area contributed by atoms with Gasteiger partial charge in [0.2, 0.25) is 0 Å². The largest absolute Gasteiger partial charge is 0.355 e. The second-order valence-corrected chi connectivity index (χ2v) is 9.95. The molecule has 0 atom stereocenters. The fourth-order valence-corrected chi connectivity index (χ4v) is 4.62. The molecular formula is C37H41FN2. The summed E-state index contributed by atoms with van der Waals surface area (Å²) in [5.74, 6) is 0. The summed E-state index contributed by atoms with van der Waals surface area (Å²) in [6.07, 6.45) is 0. The van der Waals surface area contributed by atoms with Crippen molar-refractivity contribution in [2.45, 2.75) is 41.2 Å². The number of anilines is 4. The van der Waals surface area contributed by atoms with E-state index in [0.717, 1.165) is 12.2 Å². The van der Waals surface area contributed by atoms with Crippen LogP contribution in [0.5, 0.6) is 0 Å². The van der Waals surface area contributed by atoms with Gasteiger partial charge >= 0.3 is 0 Å². The Labute approximate surface area is 241 Å². The highest BCUT2D eigenvalue weighted by molar-refractivity contribution is 5.67. The van der Waals surface area contributed by atoms with Crippen LogP contribution in [0, 0.1) is 34.6 Å². The molecule has 40 heavy (non-hydrogen) atoms. The first kappa shape index (κ1) is 28.6. The molecule has 0 saturated heterocycles. The Morgan fingerprint density at radius 2 is 1.18 bits per heavy atom. The summed E-state index contributed by atoms with van der Waals surface area (Å²) in [5, 5.41) is 3.40. The standard InChI is InChI=1S/C22H23N.C14H15N.CH3F/c1-17-13-14-22(19(3)15-17)23(21-11-5-4-6-12-21)16-20-10-8-7-9-18(20)2;1-11-8-9-14(12(2)10-11)15-13-6-4-3-5-7-13;1-2/h4-15H,16H2,1-3H3;3-10,15H,1-2H3;1H3/i;;1D. The van der Waals surface area contributed by atoms with E-state index in [2.05, 4.69) is 148 Å². The lowest BCUT2D eigenvalue weighted by Crippen LogP contribution is -2.18. The van der Waals surface area contributed by atoms with E-state index in [1.807, 2.05) is 18.2 Å². The molecule has 0 radical (unpaired) electrons. The molecule has 0 aliphatic carbocycles. The molecule has 0 fully saturated rings. The zero-order valence-corrected chi connectivity index (χ0v) is 24.3. The number of nitrogens with zero attached hydrogens (tertiary/aromatic N) is 1. The highest BCUT2D eigenvalue weighted by Crippen LogP contribution is 2.31. The molecule has 0 amide bonds. The van der Waals surface area contributed by atoms with Gasteiger partial charge in [-0.2, -0.15) is 0 Å². The van der Waals surface area contributed by atoms with Crippen LogP contribution in [0.25, 0.3) is 0 Å². The Balaban J connectivity index is 0.000000221. The Bertz CT molecular complexity index is 1490. The maximum Gasteiger partial charge on any atom is 0.0785 e. The van der Waals surface area contributed by atoms with Gasteiger partial charge in [-0.25, -0.2) is 0 Å². The first-order valence-corrected chi connectivity index (χ1v) is 13.5. The van der Waals surface area contributed by atoms with Crippen molar-refractivity contribution >= 4 is 22.7 Å². The summed E-state index contributed by atoms with van der Waals surface area (Å²) >= 11 is 0. The van der Waals surface area contributed by atoms with Crippen molar-refractivity contribution in [1.82, 2.24) is 0 Å². The third-order valence-electron chi connectivity index (χ3n) is 6.74. The SMILES string of the molecule is Cc1ccc(N(Cc2ccccc2C)c2ccccc2)c(C)c1.Cc1ccc(Nc2ccccc2)c(C)c1.[2H]CF. The predicted octanol–water partition coefficient (Wildman–Crippen LogP) is 10.6. The van der Waals surface area contributed by atoms with Crippen LogP contribution in [-0.2, 0) is 6.54 Å². The van der Waals surface area contributed by atoms with Gasteiger partial charge < -0.3 is 10.2 Å². The molecular weight excluding hydrogens is 491 g/mol. The number of aryl methyl sites for hydroxylation is 5. The van der Waals surface area contributed by atoms with Crippen LogP contribution in [0.2, 0.25) is 0 Å². The van der Waals surface area contributed by atoms with E-state index in [0.29, 0.717) is 0 Å². The Hall–Kier alpha value is -4.37. The summed E-state index contributed by atoms with van der Waals surface area (Å²) in [7, 11) is -1.00. The number of nitrogens with one attached hydrogen (secondary N) is 1. The molecule has 0 unspecified atom stereocenters. The van der Waals surface area contributed by atoms with Crippen LogP contribution in [-0.4, -0.2) is 7.15 Å². The molecule has 5 aromatic carbocycles. The fourth-order valence-electron chi connectivity index (χ4n) is 4.62. The van der Waals surface area contributed by atoms with E-state index in [1.165, 1.54) is 50.4 Å². The van der Waals surface area contributed by atoms with Gasteiger partial charge in [-0.1, -0.05) is 96.1 Å². The summed E-state index contributed by atoms with van der Waals surface area (Å²) in [6, 6.07) is 42.6. The van der Waals surface area contributed by atoms with Crippen LogP contribution >= 0.6 is 0 Å². The molecule has 0 saturated carbocycles. The molecule has 0 bridgehead atoms. The molecule has 1 N–H and O–H groups in total. The number of para-hydroxylation sites is 2. The zero-order chi connectivity index (χ0) is 29.6. The molecule has 0 aliphatic heterocycles. The van der Waals surface area contributed by atoms with Gasteiger partial charge in [-0.15, -0.1) is 0 Å². The minimum Gasteiger partial charge on any atom is -0.355 e. The Morgan fingerprint density at radius 3 is 1.77 bits per heavy atom. The summed E-state index contributed by atoms with van der Waals surface area (Å²) in [6.45, 7) is 11.6. The minimum absolute atomic E-state index is 0.876. The Kier molecular flexibility index (Phi) is 10.9. The predicted molar refractivity (Wildman–Crippen MR) is 172 cm³/mol. The van der Waals surface area contributed by atoms with Crippen LogP contribution in [0.3, 0.4) is 0 Å². The monoisotopic (exact) mass is 533 g/mol. The third-order valence-corrected chi connectivity index (χ3v) is 6.74. The second kappa shape index (κ2) is 15.3. The van der Waals surface area contributed by atoms with Crippen molar-refractivity contribution in [1.29, 1.82) is 0 Å². The minimum atomic E-state index is -1.00. The van der Waals surface area contributed by atoms with E-state index < -0.39 is 7.15 Å². The average Bonchev–Trinajstić information content (AvgIpc) is 2.96. The second-order valence-electron chi connectivity index (χ2n) is 9.95. The van der Waals surface area contributed by atoms with Crippen molar-refractivity contribution in [3.63, 3.8) is 0 Å². The highest BCUT2D eigenvalue weighted by atomic mass is 19.1. The van der Waals surface area contributed by atoms with Gasteiger partial charge in [0, 0.05) is 29.3 Å². The molecule has 0 aliphatic rings. The smallest absolute Gasteiger partial charge is 0.0785 e. The zero-order valence-electron chi connectivity index (χ0n) is 25.3. The summed E-state index contributed by atoms with van der Waals surface area (Å²) < 4.78 is 15.5. The number of hydrogen-bond donors (Lipinski definition) is 1. The van der Waals surface area contributed by atoms with E-state index in [9.17, 15) is 4.39 Å². The van der Waals surface area contributed by atoms with Crippen LogP contribution in [0.15, 0.2) is 121 Å². The molecule has 206 valence electrons. The summed E-state index contributed by atoms with van der Waals surface area (Å²) in [5.41, 5.74) is 12.7. The van der Waals surface area contributed by atoms with Gasteiger partial charge in [-0.05, 0) is 93.3 Å². The average molecular weight is 534 g/mol. The topological polar surface area (TPSA) is 15.3 Å². The Morgan fingerprint density at radius 1 is 0.625 bits per heavy atom. The number of rotatable bonds is 6. The molecule has 0 aromatic heterocycles. The third kappa shape index (κ3) is 8.57. The number of hydrogen-bond acceptors (Lipinski definition) is 2. The van der Waals surface area contributed by atoms with Gasteiger partial charge in [0.05, 0.1) is 8.52 Å². The molecule has 3 heteroatoms.